The summed E-state index contributed by atoms with van der Waals surface area (Å²) in [4.78, 5) is 6.85. The molecule has 0 aliphatic carbocycles. The lowest BCUT2D eigenvalue weighted by Crippen LogP contribution is -2.39. The van der Waals surface area contributed by atoms with E-state index in [0.717, 1.165) is 31.2 Å². The highest BCUT2D eigenvalue weighted by Crippen LogP contribution is 2.12. The molecule has 0 spiro atoms. The van der Waals surface area contributed by atoms with E-state index in [4.69, 9.17) is 5.11 Å². The van der Waals surface area contributed by atoms with Gasteiger partial charge in [-0.05, 0) is 37.5 Å². The highest BCUT2D eigenvalue weighted by atomic mass is 127. The average molecular weight is 407 g/mol. The Morgan fingerprint density at radius 1 is 1.38 bits per heavy atom. The minimum absolute atomic E-state index is 0. The molecule has 1 aliphatic rings. The van der Waals surface area contributed by atoms with Crippen molar-refractivity contribution < 1.29 is 9.50 Å². The predicted molar refractivity (Wildman–Crippen MR) is 93.4 cm³/mol. The molecule has 6 heteroatoms. The number of aliphatic hydroxyl groups is 1. The third-order valence-corrected chi connectivity index (χ3v) is 3.43. The van der Waals surface area contributed by atoms with E-state index in [1.54, 1.807) is 12.1 Å². The SMILES string of the molecule is CCNC(=NCc1ccc(F)c(CO)c1)N1CCCC1.I. The normalized spacial score (nSPS) is 15.0. The smallest absolute Gasteiger partial charge is 0.194 e. The van der Waals surface area contributed by atoms with Gasteiger partial charge in [0, 0.05) is 25.2 Å². The van der Waals surface area contributed by atoms with Crippen molar-refractivity contribution >= 4 is 29.9 Å². The van der Waals surface area contributed by atoms with E-state index in [-0.39, 0.29) is 36.4 Å². The van der Waals surface area contributed by atoms with E-state index in [0.29, 0.717) is 12.1 Å². The summed E-state index contributed by atoms with van der Waals surface area (Å²) < 4.78 is 13.3. The zero-order chi connectivity index (χ0) is 14.4. The maximum atomic E-state index is 13.3. The van der Waals surface area contributed by atoms with Crippen LogP contribution in [0.25, 0.3) is 0 Å². The highest BCUT2D eigenvalue weighted by molar-refractivity contribution is 14.0. The molecule has 2 N–H and O–H groups in total. The van der Waals surface area contributed by atoms with E-state index in [9.17, 15) is 4.39 Å². The van der Waals surface area contributed by atoms with Crippen LogP contribution in [0.1, 0.15) is 30.9 Å². The molecule has 1 saturated heterocycles. The zero-order valence-electron chi connectivity index (χ0n) is 12.3. The number of halogens is 2. The van der Waals surface area contributed by atoms with E-state index < -0.39 is 0 Å². The summed E-state index contributed by atoms with van der Waals surface area (Å²) in [6.45, 7) is 5.17. The Morgan fingerprint density at radius 2 is 2.10 bits per heavy atom. The largest absolute Gasteiger partial charge is 0.392 e. The molecule has 1 aromatic carbocycles. The minimum Gasteiger partial charge on any atom is -0.392 e. The van der Waals surface area contributed by atoms with Gasteiger partial charge in [-0.3, -0.25) is 0 Å². The first-order valence-electron chi connectivity index (χ1n) is 7.16. The van der Waals surface area contributed by atoms with Gasteiger partial charge in [0.05, 0.1) is 13.2 Å². The van der Waals surface area contributed by atoms with Crippen LogP contribution >= 0.6 is 24.0 Å². The van der Waals surface area contributed by atoms with Crippen LogP contribution in [0.15, 0.2) is 23.2 Å². The Morgan fingerprint density at radius 3 is 2.71 bits per heavy atom. The number of hydrogen-bond donors (Lipinski definition) is 2. The molecule has 1 fully saturated rings. The van der Waals surface area contributed by atoms with Crippen molar-refractivity contribution in [1.29, 1.82) is 0 Å². The standard InChI is InChI=1S/C15H22FN3O.HI/c1-2-17-15(19-7-3-4-8-19)18-10-12-5-6-14(16)13(9-12)11-20;/h5-6,9,20H,2-4,7-8,10-11H2,1H3,(H,17,18);1H. The molecule has 21 heavy (non-hydrogen) atoms. The Labute approximate surface area is 142 Å². The van der Waals surface area contributed by atoms with Crippen molar-refractivity contribution in [3.8, 4) is 0 Å². The first-order chi connectivity index (χ1) is 9.74. The molecule has 0 saturated carbocycles. The third-order valence-electron chi connectivity index (χ3n) is 3.43. The van der Waals surface area contributed by atoms with Crippen LogP contribution in [0.5, 0.6) is 0 Å². The molecule has 1 aliphatic heterocycles. The van der Waals surface area contributed by atoms with Crippen LogP contribution in [-0.4, -0.2) is 35.6 Å². The second-order valence-electron chi connectivity index (χ2n) is 4.95. The van der Waals surface area contributed by atoms with Crippen LogP contribution < -0.4 is 5.32 Å². The van der Waals surface area contributed by atoms with Crippen LogP contribution in [0, 0.1) is 5.82 Å². The monoisotopic (exact) mass is 407 g/mol. The van der Waals surface area contributed by atoms with Gasteiger partial charge in [0.15, 0.2) is 5.96 Å². The van der Waals surface area contributed by atoms with Crippen LogP contribution in [0.3, 0.4) is 0 Å². The number of aliphatic imine (C=N–C) groups is 1. The molecular weight excluding hydrogens is 384 g/mol. The fourth-order valence-corrected chi connectivity index (χ4v) is 2.37. The second kappa shape index (κ2) is 9.19. The topological polar surface area (TPSA) is 47.9 Å². The molecule has 4 nitrogen and oxygen atoms in total. The van der Waals surface area contributed by atoms with E-state index in [2.05, 4.69) is 15.2 Å². The summed E-state index contributed by atoms with van der Waals surface area (Å²) >= 11 is 0. The third kappa shape index (κ3) is 5.10. The highest BCUT2D eigenvalue weighted by Gasteiger charge is 2.15. The molecule has 118 valence electrons. The molecule has 0 radical (unpaired) electrons. The number of aliphatic hydroxyl groups excluding tert-OH is 1. The van der Waals surface area contributed by atoms with Gasteiger partial charge in [0.25, 0.3) is 0 Å². The van der Waals surface area contributed by atoms with Gasteiger partial charge < -0.3 is 15.3 Å². The summed E-state index contributed by atoms with van der Waals surface area (Å²) in [6.07, 6.45) is 2.41. The first-order valence-corrected chi connectivity index (χ1v) is 7.16. The zero-order valence-corrected chi connectivity index (χ0v) is 14.6. The Kier molecular flexibility index (Phi) is 7.95. The number of nitrogens with zero attached hydrogens (tertiary/aromatic N) is 2. The fourth-order valence-electron chi connectivity index (χ4n) is 2.37. The molecule has 0 bridgehead atoms. The molecule has 0 atom stereocenters. The summed E-state index contributed by atoms with van der Waals surface area (Å²) in [6, 6.07) is 4.77. The Bertz CT molecular complexity index is 476. The first kappa shape index (κ1) is 18.2. The average Bonchev–Trinajstić information content (AvgIpc) is 2.99. The summed E-state index contributed by atoms with van der Waals surface area (Å²) in [5.41, 5.74) is 1.23. The molecule has 0 unspecified atom stereocenters. The van der Waals surface area contributed by atoms with Gasteiger partial charge in [0.1, 0.15) is 5.82 Å². The summed E-state index contributed by atoms with van der Waals surface area (Å²) in [5.74, 6) is 0.548. The van der Waals surface area contributed by atoms with Crippen molar-refractivity contribution in [2.45, 2.75) is 32.9 Å². The van der Waals surface area contributed by atoms with E-state index in [1.165, 1.54) is 18.9 Å². The Hall–Kier alpha value is -0.890. The molecule has 2 rings (SSSR count). The number of benzene rings is 1. The second-order valence-corrected chi connectivity index (χ2v) is 4.95. The molecular formula is C15H23FIN3O. The van der Waals surface area contributed by atoms with Crippen molar-refractivity contribution in [3.05, 3.63) is 35.1 Å². The Balaban J connectivity index is 0.00000220. The number of hydrogen-bond acceptors (Lipinski definition) is 2. The molecule has 1 heterocycles. The number of rotatable bonds is 4. The van der Waals surface area contributed by atoms with Gasteiger partial charge in [-0.1, -0.05) is 6.07 Å². The number of likely N-dealkylation sites (tertiary alicyclic amines) is 1. The number of nitrogens with one attached hydrogen (secondary N) is 1. The lowest BCUT2D eigenvalue weighted by atomic mass is 10.1. The summed E-state index contributed by atoms with van der Waals surface area (Å²) in [5, 5.41) is 12.4. The van der Waals surface area contributed by atoms with Gasteiger partial charge in [0.2, 0.25) is 0 Å². The minimum atomic E-state index is -0.369. The lowest BCUT2D eigenvalue weighted by Gasteiger charge is -2.20. The molecule has 0 aromatic heterocycles. The predicted octanol–water partition coefficient (Wildman–Crippen LogP) is 2.50. The van der Waals surface area contributed by atoms with Gasteiger partial charge >= 0.3 is 0 Å². The maximum Gasteiger partial charge on any atom is 0.194 e. The van der Waals surface area contributed by atoms with Crippen molar-refractivity contribution in [3.63, 3.8) is 0 Å². The van der Waals surface area contributed by atoms with Crippen molar-refractivity contribution in [2.75, 3.05) is 19.6 Å². The molecule has 1 aromatic rings. The van der Waals surface area contributed by atoms with E-state index in [1.807, 2.05) is 6.92 Å². The van der Waals surface area contributed by atoms with Crippen LogP contribution in [0.2, 0.25) is 0 Å². The van der Waals surface area contributed by atoms with Gasteiger partial charge in [-0.15, -0.1) is 24.0 Å². The molecule has 0 amide bonds. The van der Waals surface area contributed by atoms with E-state index >= 15 is 0 Å². The van der Waals surface area contributed by atoms with Crippen LogP contribution in [-0.2, 0) is 13.2 Å². The van der Waals surface area contributed by atoms with Crippen molar-refractivity contribution in [1.82, 2.24) is 10.2 Å². The summed E-state index contributed by atoms with van der Waals surface area (Å²) in [7, 11) is 0. The maximum absolute atomic E-state index is 13.3. The quantitative estimate of drug-likeness (QED) is 0.458. The lowest BCUT2D eigenvalue weighted by molar-refractivity contribution is 0.275. The van der Waals surface area contributed by atoms with Gasteiger partial charge in [-0.2, -0.15) is 0 Å². The number of guanidine groups is 1. The van der Waals surface area contributed by atoms with Crippen molar-refractivity contribution in [2.24, 2.45) is 4.99 Å². The van der Waals surface area contributed by atoms with Gasteiger partial charge in [-0.25, -0.2) is 9.38 Å². The fraction of sp³-hybridized carbons (Fsp3) is 0.533. The van der Waals surface area contributed by atoms with Crippen LogP contribution in [0.4, 0.5) is 4.39 Å².